The zero-order chi connectivity index (χ0) is 14.7. The second-order valence-corrected chi connectivity index (χ2v) is 6.01. The molecule has 0 aliphatic heterocycles. The maximum atomic E-state index is 13.5. The van der Waals surface area contributed by atoms with E-state index in [4.69, 9.17) is 0 Å². The minimum atomic E-state index is -0.554. The fourth-order valence-corrected chi connectivity index (χ4v) is 3.24. The van der Waals surface area contributed by atoms with Gasteiger partial charge in [0.2, 0.25) is 0 Å². The zero-order valence-electron chi connectivity index (χ0n) is 11.8. The van der Waals surface area contributed by atoms with Crippen molar-refractivity contribution in [1.29, 1.82) is 0 Å². The number of aromatic nitrogens is 1. The zero-order valence-corrected chi connectivity index (χ0v) is 12.7. The van der Waals surface area contributed by atoms with E-state index in [0.29, 0.717) is 5.56 Å². The average molecular weight is 296 g/mol. The first-order valence-corrected chi connectivity index (χ1v) is 7.46. The van der Waals surface area contributed by atoms with Crippen molar-refractivity contribution in [2.24, 2.45) is 0 Å². The number of nitrogens with one attached hydrogen (secondary N) is 1. The summed E-state index contributed by atoms with van der Waals surface area (Å²) in [6, 6.07) is 3.44. The van der Waals surface area contributed by atoms with Gasteiger partial charge in [-0.3, -0.25) is 0 Å². The second-order valence-electron chi connectivity index (χ2n) is 4.77. The molecule has 5 heteroatoms. The molecule has 1 N–H and O–H groups in total. The number of rotatable bonds is 5. The van der Waals surface area contributed by atoms with Gasteiger partial charge in [-0.15, -0.1) is 11.3 Å². The first-order valence-electron chi connectivity index (χ1n) is 6.64. The van der Waals surface area contributed by atoms with Gasteiger partial charge in [-0.2, -0.15) is 0 Å². The Hall–Kier alpha value is -1.33. The number of hydrogen-bond donors (Lipinski definition) is 1. The van der Waals surface area contributed by atoms with Gasteiger partial charge in [0.25, 0.3) is 0 Å². The average Bonchev–Trinajstić information content (AvgIpc) is 2.68. The van der Waals surface area contributed by atoms with Gasteiger partial charge in [-0.25, -0.2) is 13.8 Å². The van der Waals surface area contributed by atoms with E-state index >= 15 is 0 Å². The molecule has 0 bridgehead atoms. The van der Waals surface area contributed by atoms with E-state index < -0.39 is 11.6 Å². The molecule has 0 amide bonds. The van der Waals surface area contributed by atoms with Crippen LogP contribution >= 0.6 is 11.3 Å². The molecule has 1 heterocycles. The molecule has 0 saturated heterocycles. The van der Waals surface area contributed by atoms with Crippen LogP contribution in [0.1, 0.15) is 40.5 Å². The van der Waals surface area contributed by atoms with E-state index in [1.54, 1.807) is 11.3 Å². The van der Waals surface area contributed by atoms with E-state index in [0.717, 1.165) is 34.6 Å². The highest BCUT2D eigenvalue weighted by molar-refractivity contribution is 7.11. The second kappa shape index (κ2) is 6.41. The smallest absolute Gasteiger partial charge is 0.126 e. The van der Waals surface area contributed by atoms with Crippen molar-refractivity contribution in [1.82, 2.24) is 10.3 Å². The van der Waals surface area contributed by atoms with Gasteiger partial charge in [-0.05, 0) is 44.5 Å². The first kappa shape index (κ1) is 15.1. The van der Waals surface area contributed by atoms with E-state index in [9.17, 15) is 8.78 Å². The summed E-state index contributed by atoms with van der Waals surface area (Å²) in [5, 5.41) is 4.30. The molecule has 1 aromatic heterocycles. The monoisotopic (exact) mass is 296 g/mol. The molecule has 0 saturated carbocycles. The first-order chi connectivity index (χ1) is 9.51. The maximum absolute atomic E-state index is 13.5. The molecule has 2 aromatic rings. The van der Waals surface area contributed by atoms with E-state index in [-0.39, 0.29) is 6.04 Å². The third-order valence-electron chi connectivity index (χ3n) is 3.02. The molecule has 0 radical (unpaired) electrons. The Bertz CT molecular complexity index is 575. The summed E-state index contributed by atoms with van der Waals surface area (Å²) in [7, 11) is 0. The highest BCUT2D eigenvalue weighted by atomic mass is 32.1. The lowest BCUT2D eigenvalue weighted by Crippen LogP contribution is -2.23. The van der Waals surface area contributed by atoms with Crippen molar-refractivity contribution in [3.05, 3.63) is 51.0 Å². The van der Waals surface area contributed by atoms with Crippen LogP contribution in [-0.4, -0.2) is 11.5 Å². The fraction of sp³-hybridized carbons (Fsp3) is 0.400. The third-order valence-corrected chi connectivity index (χ3v) is 4.16. The van der Waals surface area contributed by atoms with Gasteiger partial charge >= 0.3 is 0 Å². The van der Waals surface area contributed by atoms with Gasteiger partial charge in [0, 0.05) is 10.9 Å². The summed E-state index contributed by atoms with van der Waals surface area (Å²) in [6.45, 7) is 6.69. The lowest BCUT2D eigenvalue weighted by molar-refractivity contribution is 0.560. The van der Waals surface area contributed by atoms with Crippen LogP contribution in [0.5, 0.6) is 0 Å². The molecule has 1 atom stereocenters. The summed E-state index contributed by atoms with van der Waals surface area (Å²) in [6.07, 6.45) is 0.950. The summed E-state index contributed by atoms with van der Waals surface area (Å²) in [4.78, 5) is 5.42. The van der Waals surface area contributed by atoms with E-state index in [1.807, 2.05) is 13.8 Å². The highest BCUT2D eigenvalue weighted by Crippen LogP contribution is 2.30. The highest BCUT2D eigenvalue weighted by Gasteiger charge is 2.20. The van der Waals surface area contributed by atoms with Crippen LogP contribution in [0.15, 0.2) is 18.2 Å². The quantitative estimate of drug-likeness (QED) is 0.897. The standard InChI is InChI=1S/C15H18F2N2S/c1-4-5-18-14(15-9(2)19-10(3)20-15)11-6-12(16)8-13(17)7-11/h6-8,14,18H,4-5H2,1-3H3. The predicted molar refractivity (Wildman–Crippen MR) is 78.1 cm³/mol. The Morgan fingerprint density at radius 2 is 1.85 bits per heavy atom. The van der Waals surface area contributed by atoms with E-state index in [2.05, 4.69) is 17.2 Å². The van der Waals surface area contributed by atoms with Gasteiger partial charge < -0.3 is 5.32 Å². The number of benzene rings is 1. The Balaban J connectivity index is 2.43. The van der Waals surface area contributed by atoms with Crippen LogP contribution in [0.3, 0.4) is 0 Å². The van der Waals surface area contributed by atoms with E-state index in [1.165, 1.54) is 12.1 Å². The molecule has 2 nitrogen and oxygen atoms in total. The topological polar surface area (TPSA) is 24.9 Å². The SMILES string of the molecule is CCCNC(c1cc(F)cc(F)c1)c1sc(C)nc1C. The summed E-state index contributed by atoms with van der Waals surface area (Å²) in [5.41, 5.74) is 1.51. The van der Waals surface area contributed by atoms with Gasteiger partial charge in [0.15, 0.2) is 0 Å². The molecule has 0 spiro atoms. The largest absolute Gasteiger partial charge is 0.306 e. The summed E-state index contributed by atoms with van der Waals surface area (Å²) >= 11 is 1.56. The molecule has 1 unspecified atom stereocenters. The number of thiazole rings is 1. The molecular formula is C15H18F2N2S. The third kappa shape index (κ3) is 3.41. The number of halogens is 2. The predicted octanol–water partition coefficient (Wildman–Crippen LogP) is 4.13. The Morgan fingerprint density at radius 3 is 2.35 bits per heavy atom. The molecular weight excluding hydrogens is 278 g/mol. The van der Waals surface area contributed by atoms with Crippen molar-refractivity contribution >= 4 is 11.3 Å². The normalized spacial score (nSPS) is 12.7. The minimum Gasteiger partial charge on any atom is -0.306 e. The molecule has 0 aliphatic carbocycles. The van der Waals surface area contributed by atoms with Crippen LogP contribution in [0.25, 0.3) is 0 Å². The molecule has 1 aromatic carbocycles. The fourth-order valence-electron chi connectivity index (χ4n) is 2.21. The van der Waals surface area contributed by atoms with Crippen molar-refractivity contribution in [3.63, 3.8) is 0 Å². The van der Waals surface area contributed by atoms with Gasteiger partial charge in [-0.1, -0.05) is 6.92 Å². The number of hydrogen-bond acceptors (Lipinski definition) is 3. The van der Waals surface area contributed by atoms with Crippen molar-refractivity contribution < 1.29 is 8.78 Å². The van der Waals surface area contributed by atoms with Crippen LogP contribution in [0.4, 0.5) is 8.78 Å². The summed E-state index contributed by atoms with van der Waals surface area (Å²) in [5.74, 6) is -1.11. The van der Waals surface area contributed by atoms with Crippen LogP contribution in [0, 0.1) is 25.5 Å². The summed E-state index contributed by atoms with van der Waals surface area (Å²) < 4.78 is 26.9. The lowest BCUT2D eigenvalue weighted by atomic mass is 10.0. The lowest BCUT2D eigenvalue weighted by Gasteiger charge is -2.18. The maximum Gasteiger partial charge on any atom is 0.126 e. The Labute approximate surface area is 121 Å². The van der Waals surface area contributed by atoms with Crippen LogP contribution in [0.2, 0.25) is 0 Å². The molecule has 0 fully saturated rings. The van der Waals surface area contributed by atoms with Crippen molar-refractivity contribution in [2.75, 3.05) is 6.54 Å². The van der Waals surface area contributed by atoms with Crippen LogP contribution < -0.4 is 5.32 Å². The van der Waals surface area contributed by atoms with Crippen molar-refractivity contribution in [3.8, 4) is 0 Å². The van der Waals surface area contributed by atoms with Crippen LogP contribution in [-0.2, 0) is 0 Å². The van der Waals surface area contributed by atoms with Gasteiger partial charge in [0.05, 0.1) is 16.7 Å². The number of aryl methyl sites for hydroxylation is 2. The van der Waals surface area contributed by atoms with Gasteiger partial charge in [0.1, 0.15) is 11.6 Å². The molecule has 2 rings (SSSR count). The molecule has 20 heavy (non-hydrogen) atoms. The molecule has 108 valence electrons. The minimum absolute atomic E-state index is 0.216. The Kier molecular flexibility index (Phi) is 4.83. The molecule has 0 aliphatic rings. The van der Waals surface area contributed by atoms with Crippen molar-refractivity contribution in [2.45, 2.75) is 33.2 Å². The Morgan fingerprint density at radius 1 is 1.20 bits per heavy atom. The number of nitrogens with zero attached hydrogens (tertiary/aromatic N) is 1.